The molecular formula is C22H33N3O3. The Balaban J connectivity index is 1.78. The lowest BCUT2D eigenvalue weighted by Gasteiger charge is -2.35. The van der Waals surface area contributed by atoms with Crippen molar-refractivity contribution in [2.24, 2.45) is 11.8 Å². The summed E-state index contributed by atoms with van der Waals surface area (Å²) in [5, 5.41) is 3.15. The number of nitrogens with zero attached hydrogens (tertiary/aromatic N) is 2. The molecule has 0 radical (unpaired) electrons. The summed E-state index contributed by atoms with van der Waals surface area (Å²) in [6.45, 7) is 7.20. The van der Waals surface area contributed by atoms with Gasteiger partial charge in [0.05, 0.1) is 7.11 Å². The van der Waals surface area contributed by atoms with Gasteiger partial charge in [-0.15, -0.1) is 0 Å². The van der Waals surface area contributed by atoms with Crippen LogP contribution in [0.2, 0.25) is 0 Å². The third-order valence-corrected chi connectivity index (χ3v) is 6.11. The second-order valence-electron chi connectivity index (χ2n) is 8.45. The highest BCUT2D eigenvalue weighted by Crippen LogP contribution is 2.41. The van der Waals surface area contributed by atoms with Crippen LogP contribution < -0.4 is 10.1 Å². The molecule has 1 saturated carbocycles. The largest absolute Gasteiger partial charge is 0.497 e. The van der Waals surface area contributed by atoms with Crippen LogP contribution in [0.4, 0.5) is 0 Å². The number of piperazine rings is 1. The standard InChI is InChI=1S/C22H33N3O3/c1-15(2)21(26)23-17-13-19(16-5-7-18(28-4)8-6-16)20(14-17)22(27)25-11-9-24(3)10-12-25/h5-8,15,17,19-20H,9-14H2,1-4H3,(H,23,26)/t17-,19+,20-/m0/s1. The van der Waals surface area contributed by atoms with Gasteiger partial charge in [-0.05, 0) is 43.5 Å². The van der Waals surface area contributed by atoms with E-state index in [1.807, 2.05) is 30.9 Å². The molecule has 28 heavy (non-hydrogen) atoms. The molecule has 2 fully saturated rings. The van der Waals surface area contributed by atoms with Crippen LogP contribution in [0, 0.1) is 11.8 Å². The topological polar surface area (TPSA) is 61.9 Å². The Bertz CT molecular complexity index is 681. The first kappa shape index (κ1) is 20.6. The molecule has 1 aromatic rings. The first-order valence-electron chi connectivity index (χ1n) is 10.3. The van der Waals surface area contributed by atoms with Crippen LogP contribution in [0.3, 0.4) is 0 Å². The van der Waals surface area contributed by atoms with Crippen molar-refractivity contribution >= 4 is 11.8 Å². The number of hydrogen-bond donors (Lipinski definition) is 1. The van der Waals surface area contributed by atoms with Gasteiger partial charge in [0.25, 0.3) is 0 Å². The molecule has 1 aromatic carbocycles. The predicted octanol–water partition coefficient (Wildman–Crippen LogP) is 2.10. The molecule has 1 aliphatic carbocycles. The van der Waals surface area contributed by atoms with Crippen molar-refractivity contribution in [3.05, 3.63) is 29.8 Å². The minimum atomic E-state index is -0.0886. The van der Waals surface area contributed by atoms with Crippen LogP contribution >= 0.6 is 0 Å². The fourth-order valence-electron chi connectivity index (χ4n) is 4.28. The van der Waals surface area contributed by atoms with E-state index in [-0.39, 0.29) is 35.6 Å². The van der Waals surface area contributed by atoms with E-state index in [0.29, 0.717) is 6.42 Å². The Morgan fingerprint density at radius 2 is 1.71 bits per heavy atom. The van der Waals surface area contributed by atoms with Crippen LogP contribution in [-0.4, -0.2) is 68.0 Å². The van der Waals surface area contributed by atoms with Crippen molar-refractivity contribution in [1.29, 1.82) is 0 Å². The Hall–Kier alpha value is -2.08. The van der Waals surface area contributed by atoms with Gasteiger partial charge in [-0.3, -0.25) is 9.59 Å². The Morgan fingerprint density at radius 1 is 1.07 bits per heavy atom. The van der Waals surface area contributed by atoms with Crippen LogP contribution in [0.5, 0.6) is 5.75 Å². The van der Waals surface area contributed by atoms with Crippen molar-refractivity contribution in [1.82, 2.24) is 15.1 Å². The number of likely N-dealkylation sites (N-methyl/N-ethyl adjacent to an activating group) is 1. The van der Waals surface area contributed by atoms with Crippen molar-refractivity contribution in [2.45, 2.75) is 38.6 Å². The van der Waals surface area contributed by atoms with Crippen molar-refractivity contribution in [3.63, 3.8) is 0 Å². The Morgan fingerprint density at radius 3 is 2.29 bits per heavy atom. The van der Waals surface area contributed by atoms with Gasteiger partial charge >= 0.3 is 0 Å². The molecule has 1 saturated heterocycles. The molecule has 0 unspecified atom stereocenters. The summed E-state index contributed by atoms with van der Waals surface area (Å²) < 4.78 is 5.27. The summed E-state index contributed by atoms with van der Waals surface area (Å²) in [7, 11) is 3.75. The summed E-state index contributed by atoms with van der Waals surface area (Å²) in [6, 6.07) is 8.06. The number of carbonyl (C=O) groups is 2. The van der Waals surface area contributed by atoms with Crippen LogP contribution in [0.25, 0.3) is 0 Å². The van der Waals surface area contributed by atoms with Gasteiger partial charge in [-0.1, -0.05) is 26.0 Å². The van der Waals surface area contributed by atoms with Gasteiger partial charge in [0, 0.05) is 44.1 Å². The summed E-state index contributed by atoms with van der Waals surface area (Å²) >= 11 is 0. The minimum absolute atomic E-state index is 0.0448. The highest BCUT2D eigenvalue weighted by atomic mass is 16.5. The first-order chi connectivity index (χ1) is 13.4. The lowest BCUT2D eigenvalue weighted by atomic mass is 9.87. The van der Waals surface area contributed by atoms with Gasteiger partial charge in [0.2, 0.25) is 11.8 Å². The SMILES string of the molecule is COc1ccc([C@H]2C[C@H](NC(=O)C(C)C)C[C@@H]2C(=O)N2CCN(C)CC2)cc1. The molecule has 6 heteroatoms. The monoisotopic (exact) mass is 387 g/mol. The van der Waals surface area contributed by atoms with Crippen molar-refractivity contribution in [2.75, 3.05) is 40.3 Å². The molecule has 0 aromatic heterocycles. The van der Waals surface area contributed by atoms with E-state index in [1.165, 1.54) is 0 Å². The Kier molecular flexibility index (Phi) is 6.60. The molecule has 1 N–H and O–H groups in total. The normalized spacial score (nSPS) is 25.8. The lowest BCUT2D eigenvalue weighted by Crippen LogP contribution is -2.49. The zero-order valence-corrected chi connectivity index (χ0v) is 17.5. The molecule has 154 valence electrons. The number of hydrogen-bond acceptors (Lipinski definition) is 4. The molecule has 0 bridgehead atoms. The molecule has 2 amide bonds. The molecule has 3 atom stereocenters. The fraction of sp³-hybridized carbons (Fsp3) is 0.636. The van der Waals surface area contributed by atoms with Crippen LogP contribution in [-0.2, 0) is 9.59 Å². The maximum absolute atomic E-state index is 13.3. The summed E-state index contributed by atoms with van der Waals surface area (Å²) in [4.78, 5) is 29.8. The number of rotatable bonds is 5. The third kappa shape index (κ3) is 4.66. The third-order valence-electron chi connectivity index (χ3n) is 6.11. The van der Waals surface area contributed by atoms with Crippen molar-refractivity contribution < 1.29 is 14.3 Å². The molecule has 2 aliphatic rings. The lowest BCUT2D eigenvalue weighted by molar-refractivity contribution is -0.137. The van der Waals surface area contributed by atoms with E-state index in [4.69, 9.17) is 4.74 Å². The molecule has 3 rings (SSSR count). The van der Waals surface area contributed by atoms with Crippen molar-refractivity contribution in [3.8, 4) is 5.75 Å². The average molecular weight is 388 g/mol. The first-order valence-corrected chi connectivity index (χ1v) is 10.3. The summed E-state index contributed by atoms with van der Waals surface area (Å²) in [5.41, 5.74) is 1.15. The highest BCUT2D eigenvalue weighted by molar-refractivity contribution is 5.81. The molecule has 1 heterocycles. The van der Waals surface area contributed by atoms with E-state index in [1.54, 1.807) is 7.11 Å². The highest BCUT2D eigenvalue weighted by Gasteiger charge is 2.42. The predicted molar refractivity (Wildman–Crippen MR) is 109 cm³/mol. The number of nitrogens with one attached hydrogen (secondary N) is 1. The smallest absolute Gasteiger partial charge is 0.226 e. The van der Waals surface area contributed by atoms with Gasteiger partial charge in [0.15, 0.2) is 0 Å². The summed E-state index contributed by atoms with van der Waals surface area (Å²) in [6.07, 6.45) is 1.51. The number of carbonyl (C=O) groups excluding carboxylic acids is 2. The van der Waals surface area contributed by atoms with E-state index in [2.05, 4.69) is 29.4 Å². The van der Waals surface area contributed by atoms with E-state index in [0.717, 1.165) is 43.9 Å². The van der Waals surface area contributed by atoms with Gasteiger partial charge in [-0.25, -0.2) is 0 Å². The molecule has 6 nitrogen and oxygen atoms in total. The Labute approximate surface area is 168 Å². The minimum Gasteiger partial charge on any atom is -0.497 e. The second-order valence-corrected chi connectivity index (χ2v) is 8.45. The molecule has 0 spiro atoms. The quantitative estimate of drug-likeness (QED) is 0.841. The van der Waals surface area contributed by atoms with E-state index < -0.39 is 0 Å². The number of ether oxygens (including phenoxy) is 1. The van der Waals surface area contributed by atoms with E-state index >= 15 is 0 Å². The second kappa shape index (κ2) is 8.95. The van der Waals surface area contributed by atoms with Gasteiger partial charge in [0.1, 0.15) is 5.75 Å². The average Bonchev–Trinajstić information content (AvgIpc) is 3.11. The zero-order valence-electron chi connectivity index (χ0n) is 17.5. The zero-order chi connectivity index (χ0) is 20.3. The summed E-state index contributed by atoms with van der Waals surface area (Å²) in [5.74, 6) is 1.09. The maximum atomic E-state index is 13.3. The number of benzene rings is 1. The molecular weight excluding hydrogens is 354 g/mol. The van der Waals surface area contributed by atoms with Crippen LogP contribution in [0.1, 0.15) is 38.2 Å². The van der Waals surface area contributed by atoms with Gasteiger partial charge in [-0.2, -0.15) is 0 Å². The number of methoxy groups -OCH3 is 1. The van der Waals surface area contributed by atoms with Crippen LogP contribution in [0.15, 0.2) is 24.3 Å². The number of amides is 2. The van der Waals surface area contributed by atoms with E-state index in [9.17, 15) is 9.59 Å². The van der Waals surface area contributed by atoms with Gasteiger partial charge < -0.3 is 19.9 Å². The maximum Gasteiger partial charge on any atom is 0.226 e. The fourth-order valence-corrected chi connectivity index (χ4v) is 4.28. The molecule has 1 aliphatic heterocycles.